The first kappa shape index (κ1) is 21.5. The average Bonchev–Trinajstić information content (AvgIpc) is 3.68. The number of fused-ring (bicyclic) bond motifs is 2. The van der Waals surface area contributed by atoms with E-state index in [2.05, 4.69) is 84.0 Å². The predicted molar refractivity (Wildman–Crippen MR) is 147 cm³/mol. The average molecular weight is 491 g/mol. The molecule has 7 heteroatoms. The summed E-state index contributed by atoms with van der Waals surface area (Å²) in [7, 11) is 0. The topological polar surface area (TPSA) is 73.5 Å². The van der Waals surface area contributed by atoms with E-state index in [-0.39, 0.29) is 0 Å². The van der Waals surface area contributed by atoms with Crippen molar-refractivity contribution in [3.8, 4) is 33.0 Å². The lowest BCUT2D eigenvalue weighted by Crippen LogP contribution is -2.29. The van der Waals surface area contributed by atoms with Crippen molar-refractivity contribution in [1.29, 1.82) is 0 Å². The molecule has 6 heterocycles. The SMILES string of the molecule is c1csc(-c2ccnc3[nH]c(-c4n[nH]c5ccc(-c6cncc(CN7CCCCC7)c6)cc45)cc23)c1. The van der Waals surface area contributed by atoms with Gasteiger partial charge in [0.2, 0.25) is 0 Å². The van der Waals surface area contributed by atoms with Crippen LogP contribution < -0.4 is 0 Å². The Kier molecular flexibility index (Phi) is 5.37. The molecule has 0 atom stereocenters. The van der Waals surface area contributed by atoms with E-state index >= 15 is 0 Å². The van der Waals surface area contributed by atoms with Crippen molar-refractivity contribution in [3.63, 3.8) is 0 Å². The second-order valence-electron chi connectivity index (χ2n) is 9.53. The van der Waals surface area contributed by atoms with E-state index in [1.165, 1.54) is 48.4 Å². The lowest BCUT2D eigenvalue weighted by molar-refractivity contribution is 0.220. The van der Waals surface area contributed by atoms with Crippen molar-refractivity contribution in [3.05, 3.63) is 78.1 Å². The number of hydrogen-bond donors (Lipinski definition) is 2. The first-order valence-corrected chi connectivity index (χ1v) is 13.4. The van der Waals surface area contributed by atoms with E-state index in [1.54, 1.807) is 11.3 Å². The molecule has 5 aromatic heterocycles. The fourth-order valence-electron chi connectivity index (χ4n) is 5.31. The highest BCUT2D eigenvalue weighted by Crippen LogP contribution is 2.36. The Hall–Kier alpha value is -3.81. The Bertz CT molecular complexity index is 1660. The molecule has 1 aromatic carbocycles. The van der Waals surface area contributed by atoms with E-state index < -0.39 is 0 Å². The minimum Gasteiger partial charge on any atom is -0.338 e. The molecule has 7 rings (SSSR count). The zero-order valence-corrected chi connectivity index (χ0v) is 20.7. The Morgan fingerprint density at radius 3 is 2.75 bits per heavy atom. The van der Waals surface area contributed by atoms with Crippen LogP contribution in [0.1, 0.15) is 24.8 Å². The monoisotopic (exact) mass is 490 g/mol. The summed E-state index contributed by atoms with van der Waals surface area (Å²) in [4.78, 5) is 16.4. The van der Waals surface area contributed by atoms with Gasteiger partial charge in [-0.1, -0.05) is 18.6 Å². The van der Waals surface area contributed by atoms with Crippen molar-refractivity contribution >= 4 is 33.3 Å². The molecule has 6 nitrogen and oxygen atoms in total. The second-order valence-corrected chi connectivity index (χ2v) is 10.5. The molecular weight excluding hydrogens is 464 g/mol. The molecule has 2 N–H and O–H groups in total. The maximum absolute atomic E-state index is 4.68. The van der Waals surface area contributed by atoms with Crippen LogP contribution in [-0.4, -0.2) is 43.1 Å². The number of nitrogens with zero attached hydrogens (tertiary/aromatic N) is 4. The molecule has 6 aromatic rings. The van der Waals surface area contributed by atoms with E-state index in [0.717, 1.165) is 51.0 Å². The zero-order chi connectivity index (χ0) is 23.9. The van der Waals surface area contributed by atoms with Gasteiger partial charge in [0.15, 0.2) is 0 Å². The van der Waals surface area contributed by atoms with Crippen molar-refractivity contribution in [2.45, 2.75) is 25.8 Å². The fraction of sp³-hybridized carbons (Fsp3) is 0.207. The summed E-state index contributed by atoms with van der Waals surface area (Å²) in [5.41, 5.74) is 8.48. The van der Waals surface area contributed by atoms with Gasteiger partial charge in [-0.05, 0) is 78.8 Å². The number of thiophene rings is 1. The Balaban J connectivity index is 1.26. The third-order valence-electron chi connectivity index (χ3n) is 7.12. The van der Waals surface area contributed by atoms with Crippen LogP contribution in [0.4, 0.5) is 0 Å². The molecule has 0 spiro atoms. The first-order valence-electron chi connectivity index (χ1n) is 12.5. The van der Waals surface area contributed by atoms with Crippen LogP contribution in [0.5, 0.6) is 0 Å². The van der Waals surface area contributed by atoms with Crippen molar-refractivity contribution in [2.75, 3.05) is 13.1 Å². The quantitative estimate of drug-likeness (QED) is 0.276. The van der Waals surface area contributed by atoms with Gasteiger partial charge in [-0.15, -0.1) is 11.3 Å². The summed E-state index contributed by atoms with van der Waals surface area (Å²) in [5, 5.41) is 12.2. The molecule has 36 heavy (non-hydrogen) atoms. The van der Waals surface area contributed by atoms with Gasteiger partial charge in [-0.25, -0.2) is 4.98 Å². The van der Waals surface area contributed by atoms with Gasteiger partial charge < -0.3 is 4.98 Å². The van der Waals surface area contributed by atoms with Gasteiger partial charge in [0, 0.05) is 51.9 Å². The summed E-state index contributed by atoms with van der Waals surface area (Å²) in [6.45, 7) is 3.33. The number of aromatic nitrogens is 5. The third-order valence-corrected chi connectivity index (χ3v) is 8.02. The molecule has 1 fully saturated rings. The summed E-state index contributed by atoms with van der Waals surface area (Å²) in [5.74, 6) is 0. The molecule has 0 unspecified atom stereocenters. The smallest absolute Gasteiger partial charge is 0.138 e. The van der Waals surface area contributed by atoms with Gasteiger partial charge in [-0.2, -0.15) is 5.10 Å². The molecule has 0 radical (unpaired) electrons. The minimum absolute atomic E-state index is 0.873. The van der Waals surface area contributed by atoms with Crippen LogP contribution in [0.2, 0.25) is 0 Å². The number of likely N-dealkylation sites (tertiary alicyclic amines) is 1. The van der Waals surface area contributed by atoms with E-state index in [0.29, 0.717) is 0 Å². The van der Waals surface area contributed by atoms with Crippen molar-refractivity contribution in [1.82, 2.24) is 30.0 Å². The normalized spacial score (nSPS) is 14.7. The number of benzene rings is 1. The molecule has 0 bridgehead atoms. The summed E-state index contributed by atoms with van der Waals surface area (Å²) >= 11 is 1.74. The van der Waals surface area contributed by atoms with Gasteiger partial charge >= 0.3 is 0 Å². The number of rotatable bonds is 5. The first-order chi connectivity index (χ1) is 17.8. The molecule has 0 saturated carbocycles. The van der Waals surface area contributed by atoms with Gasteiger partial charge in [0.25, 0.3) is 0 Å². The number of piperidine rings is 1. The molecule has 0 amide bonds. The maximum Gasteiger partial charge on any atom is 0.138 e. The fourth-order valence-corrected chi connectivity index (χ4v) is 6.07. The standard InChI is InChI=1S/C29H26N6S/c1-2-10-35(11-3-1)18-19-13-21(17-30-16-19)20-6-7-25-24(14-20)28(34-33-25)26-15-23-22(27-5-4-12-36-27)8-9-31-29(23)32-26/h4-9,12-17H,1-3,10-11,18H2,(H,31,32)(H,33,34). The van der Waals surface area contributed by atoms with Crippen LogP contribution in [0.3, 0.4) is 0 Å². The van der Waals surface area contributed by atoms with Crippen LogP contribution in [0.15, 0.2) is 72.5 Å². The molecule has 1 aliphatic heterocycles. The molecule has 178 valence electrons. The predicted octanol–water partition coefficient (Wildman–Crippen LogP) is 6.88. The number of nitrogens with one attached hydrogen (secondary N) is 2. The molecule has 1 saturated heterocycles. The molecular formula is C29H26N6S. The van der Waals surface area contributed by atoms with Crippen molar-refractivity contribution < 1.29 is 0 Å². The van der Waals surface area contributed by atoms with Gasteiger partial charge in [0.1, 0.15) is 11.3 Å². The van der Waals surface area contributed by atoms with Crippen LogP contribution in [-0.2, 0) is 6.54 Å². The van der Waals surface area contributed by atoms with E-state index in [1.807, 2.05) is 18.6 Å². The van der Waals surface area contributed by atoms with E-state index in [4.69, 9.17) is 0 Å². The van der Waals surface area contributed by atoms with Crippen LogP contribution in [0, 0.1) is 0 Å². The lowest BCUT2D eigenvalue weighted by Gasteiger charge is -2.26. The third kappa shape index (κ3) is 3.90. The highest BCUT2D eigenvalue weighted by molar-refractivity contribution is 7.13. The molecule has 1 aliphatic rings. The lowest BCUT2D eigenvalue weighted by atomic mass is 10.0. The number of pyridine rings is 2. The maximum atomic E-state index is 4.68. The van der Waals surface area contributed by atoms with Gasteiger partial charge in [0.05, 0.1) is 11.2 Å². The van der Waals surface area contributed by atoms with Crippen LogP contribution in [0.25, 0.3) is 54.9 Å². The second kappa shape index (κ2) is 9.00. The largest absolute Gasteiger partial charge is 0.338 e. The van der Waals surface area contributed by atoms with Crippen LogP contribution >= 0.6 is 11.3 Å². The molecule has 0 aliphatic carbocycles. The number of hydrogen-bond acceptors (Lipinski definition) is 5. The Morgan fingerprint density at radius 1 is 0.917 bits per heavy atom. The highest BCUT2D eigenvalue weighted by Gasteiger charge is 2.16. The number of aromatic amines is 2. The summed E-state index contributed by atoms with van der Waals surface area (Å²) < 4.78 is 0. The van der Waals surface area contributed by atoms with Gasteiger partial charge in [-0.3, -0.25) is 15.0 Å². The number of H-pyrrole nitrogens is 2. The van der Waals surface area contributed by atoms with E-state index in [9.17, 15) is 0 Å². The minimum atomic E-state index is 0.873. The zero-order valence-electron chi connectivity index (χ0n) is 19.9. The Labute approximate surface area is 213 Å². The van der Waals surface area contributed by atoms with Crippen molar-refractivity contribution in [2.24, 2.45) is 0 Å². The summed E-state index contributed by atoms with van der Waals surface area (Å²) in [6.07, 6.45) is 9.77. The highest BCUT2D eigenvalue weighted by atomic mass is 32.1. The Morgan fingerprint density at radius 2 is 1.86 bits per heavy atom. The summed E-state index contributed by atoms with van der Waals surface area (Å²) in [6, 6.07) is 17.2.